The fraction of sp³-hybridized carbons (Fsp3) is 0.800. The lowest BCUT2D eigenvalue weighted by Gasteiger charge is -2.09. The molecule has 7 heavy (non-hydrogen) atoms. The third-order valence-electron chi connectivity index (χ3n) is 1.19. The Morgan fingerprint density at radius 3 is 3.00 bits per heavy atom. The first-order chi connectivity index (χ1) is 3.43. The van der Waals surface area contributed by atoms with Crippen molar-refractivity contribution in [3.63, 3.8) is 0 Å². The monoisotopic (exact) mass is 99.1 g/mol. The molecule has 0 amide bonds. The van der Waals surface area contributed by atoms with Crippen molar-refractivity contribution in [3.8, 4) is 0 Å². The first kappa shape index (κ1) is 5.06. The van der Waals surface area contributed by atoms with Gasteiger partial charge in [-0.3, -0.25) is 5.43 Å². The molecule has 41 valence electrons. The molecule has 0 bridgehead atoms. The molecule has 1 saturated heterocycles. The number of hydrogen-bond donors (Lipinski definition) is 1. The molecular weight excluding hydrogens is 88.1 g/mol. The van der Waals surface area contributed by atoms with Gasteiger partial charge in [-0.1, -0.05) is 6.92 Å². The predicted octanol–water partition coefficient (Wildman–Crippen LogP) is 0.0308. The summed E-state index contributed by atoms with van der Waals surface area (Å²) in [5.41, 5.74) is 3.18. The van der Waals surface area contributed by atoms with Gasteiger partial charge in [0.2, 0.25) is 0 Å². The molecule has 2 nitrogen and oxygen atoms in total. The molecule has 0 spiro atoms. The van der Waals surface area contributed by atoms with Crippen molar-refractivity contribution in [2.75, 3.05) is 19.6 Å². The molecule has 1 N–H and O–H groups in total. The molecule has 0 aromatic carbocycles. The molecule has 0 unspecified atom stereocenters. The van der Waals surface area contributed by atoms with Gasteiger partial charge < -0.3 is 0 Å². The summed E-state index contributed by atoms with van der Waals surface area (Å²) >= 11 is 0. The summed E-state index contributed by atoms with van der Waals surface area (Å²) in [5.74, 6) is 0. The highest BCUT2D eigenvalue weighted by Gasteiger charge is 2.05. The Labute approximate surface area is 44.5 Å². The summed E-state index contributed by atoms with van der Waals surface area (Å²) in [6, 6.07) is 0. The highest BCUT2D eigenvalue weighted by molar-refractivity contribution is 4.77. The Hall–Kier alpha value is -0.0800. The fourth-order valence-electron chi connectivity index (χ4n) is 0.719. The first-order valence-corrected chi connectivity index (χ1v) is 2.73. The van der Waals surface area contributed by atoms with Gasteiger partial charge in [0.15, 0.2) is 0 Å². The van der Waals surface area contributed by atoms with Crippen molar-refractivity contribution in [2.45, 2.75) is 6.92 Å². The fourth-order valence-corrected chi connectivity index (χ4v) is 0.719. The summed E-state index contributed by atoms with van der Waals surface area (Å²) in [5, 5.41) is 2.18. The molecule has 0 aromatic rings. The van der Waals surface area contributed by atoms with E-state index in [0.29, 0.717) is 0 Å². The van der Waals surface area contributed by atoms with Crippen LogP contribution >= 0.6 is 0 Å². The average molecular weight is 99.2 g/mol. The van der Waals surface area contributed by atoms with Gasteiger partial charge in [-0.05, 0) is 6.42 Å². The molecule has 2 heteroatoms. The van der Waals surface area contributed by atoms with E-state index >= 15 is 0 Å². The Bertz CT molecular complexity index is 48.0. The van der Waals surface area contributed by atoms with Crippen LogP contribution in [-0.2, 0) is 0 Å². The van der Waals surface area contributed by atoms with Crippen molar-refractivity contribution < 1.29 is 0 Å². The molecule has 1 radical (unpaired) electrons. The van der Waals surface area contributed by atoms with Crippen LogP contribution < -0.4 is 5.43 Å². The van der Waals surface area contributed by atoms with Crippen LogP contribution in [0.15, 0.2) is 0 Å². The minimum absolute atomic E-state index is 1.05. The largest absolute Gasteiger partial charge is 0.255 e. The lowest BCUT2D eigenvalue weighted by atomic mass is 10.5. The van der Waals surface area contributed by atoms with Gasteiger partial charge >= 0.3 is 0 Å². The van der Waals surface area contributed by atoms with Crippen LogP contribution in [0.5, 0.6) is 0 Å². The molecule has 1 aliphatic rings. The van der Waals surface area contributed by atoms with Crippen LogP contribution in [0, 0.1) is 6.42 Å². The predicted molar refractivity (Wildman–Crippen MR) is 29.5 cm³/mol. The van der Waals surface area contributed by atoms with Gasteiger partial charge in [0, 0.05) is 19.6 Å². The van der Waals surface area contributed by atoms with Crippen molar-refractivity contribution in [3.05, 3.63) is 6.42 Å². The maximum Gasteiger partial charge on any atom is 0.0175 e. The summed E-state index contributed by atoms with van der Waals surface area (Å²) < 4.78 is 0. The average Bonchev–Trinajstić information content (AvgIpc) is 2.14. The molecule has 0 atom stereocenters. The second-order valence-electron chi connectivity index (χ2n) is 1.69. The van der Waals surface area contributed by atoms with Crippen molar-refractivity contribution in [1.82, 2.24) is 10.4 Å². The van der Waals surface area contributed by atoms with Gasteiger partial charge in [0.1, 0.15) is 0 Å². The second kappa shape index (κ2) is 2.28. The van der Waals surface area contributed by atoms with Gasteiger partial charge in [-0.15, -0.1) is 0 Å². The topological polar surface area (TPSA) is 15.3 Å². The van der Waals surface area contributed by atoms with Gasteiger partial charge in [0.05, 0.1) is 0 Å². The molecule has 0 saturated carbocycles. The molecular formula is C5H11N2. The highest BCUT2D eigenvalue weighted by atomic mass is 15.5. The molecule has 0 aromatic heterocycles. The molecule has 1 aliphatic heterocycles. The minimum Gasteiger partial charge on any atom is -0.255 e. The molecule has 1 heterocycles. The zero-order valence-corrected chi connectivity index (χ0v) is 4.65. The number of nitrogens with zero attached hydrogens (tertiary/aromatic N) is 1. The Balaban J connectivity index is 2.14. The van der Waals surface area contributed by atoms with E-state index in [-0.39, 0.29) is 0 Å². The van der Waals surface area contributed by atoms with Crippen molar-refractivity contribution in [1.29, 1.82) is 0 Å². The highest BCUT2D eigenvalue weighted by Crippen LogP contribution is 1.91. The third kappa shape index (κ3) is 1.14. The van der Waals surface area contributed by atoms with Crippen LogP contribution in [0.4, 0.5) is 0 Å². The summed E-state index contributed by atoms with van der Waals surface area (Å²) in [4.78, 5) is 0. The van der Waals surface area contributed by atoms with E-state index < -0.39 is 0 Å². The van der Waals surface area contributed by atoms with E-state index in [0.717, 1.165) is 19.6 Å². The third-order valence-corrected chi connectivity index (χ3v) is 1.19. The Kier molecular flexibility index (Phi) is 1.65. The standard InChI is InChI=1S/C5H11N2/c1-2-7-5-3-4-6-7/h3,6H,2,4-5H2,1H3. The SMILES string of the molecule is CCN1C[CH]CN1. The van der Waals surface area contributed by atoms with Crippen LogP contribution in [-0.4, -0.2) is 24.6 Å². The molecule has 0 aliphatic carbocycles. The normalized spacial score (nSPS) is 23.6. The van der Waals surface area contributed by atoms with Crippen LogP contribution in [0.3, 0.4) is 0 Å². The van der Waals surface area contributed by atoms with E-state index in [9.17, 15) is 0 Å². The number of hydrogen-bond acceptors (Lipinski definition) is 2. The Morgan fingerprint density at radius 2 is 2.71 bits per heavy atom. The number of nitrogens with one attached hydrogen (secondary N) is 1. The Morgan fingerprint density at radius 1 is 1.86 bits per heavy atom. The zero-order valence-electron chi connectivity index (χ0n) is 4.65. The van der Waals surface area contributed by atoms with Gasteiger partial charge in [-0.25, -0.2) is 5.01 Å². The quantitative estimate of drug-likeness (QED) is 0.499. The zero-order chi connectivity index (χ0) is 5.11. The van der Waals surface area contributed by atoms with E-state index in [1.165, 1.54) is 0 Å². The van der Waals surface area contributed by atoms with Crippen LogP contribution in [0.1, 0.15) is 6.92 Å². The van der Waals surface area contributed by atoms with Crippen LogP contribution in [0.25, 0.3) is 0 Å². The number of hydrazine groups is 1. The van der Waals surface area contributed by atoms with Crippen molar-refractivity contribution in [2.24, 2.45) is 0 Å². The van der Waals surface area contributed by atoms with E-state index in [1.807, 2.05) is 0 Å². The summed E-state index contributed by atoms with van der Waals surface area (Å²) in [7, 11) is 0. The second-order valence-corrected chi connectivity index (χ2v) is 1.69. The molecule has 1 fully saturated rings. The van der Waals surface area contributed by atoms with Gasteiger partial charge in [-0.2, -0.15) is 0 Å². The van der Waals surface area contributed by atoms with E-state index in [1.54, 1.807) is 0 Å². The lowest BCUT2D eigenvalue weighted by Crippen LogP contribution is -2.29. The van der Waals surface area contributed by atoms with E-state index in [4.69, 9.17) is 0 Å². The lowest BCUT2D eigenvalue weighted by molar-refractivity contribution is 0.271. The molecule has 1 rings (SSSR count). The first-order valence-electron chi connectivity index (χ1n) is 2.73. The summed E-state index contributed by atoms with van der Waals surface area (Å²) in [6.07, 6.45) is 2.23. The maximum atomic E-state index is 3.18. The van der Waals surface area contributed by atoms with Crippen LogP contribution in [0.2, 0.25) is 0 Å². The van der Waals surface area contributed by atoms with Gasteiger partial charge in [0.25, 0.3) is 0 Å². The smallest absolute Gasteiger partial charge is 0.0175 e. The summed E-state index contributed by atoms with van der Waals surface area (Å²) in [6.45, 7) is 5.41. The maximum absolute atomic E-state index is 3.18. The van der Waals surface area contributed by atoms with E-state index in [2.05, 4.69) is 23.8 Å². The van der Waals surface area contributed by atoms with Crippen molar-refractivity contribution >= 4 is 0 Å². The number of rotatable bonds is 1. The minimum atomic E-state index is 1.05.